The molecule has 3 fully saturated rings. The van der Waals surface area contributed by atoms with Crippen molar-refractivity contribution in [1.82, 2.24) is 19.8 Å². The van der Waals surface area contributed by atoms with Gasteiger partial charge in [-0.2, -0.15) is 0 Å². The van der Waals surface area contributed by atoms with Crippen molar-refractivity contribution < 1.29 is 0 Å². The molecule has 1 N–H and O–H groups in total. The van der Waals surface area contributed by atoms with E-state index in [1.54, 1.807) is 0 Å². The molecule has 3 aliphatic heterocycles. The molecule has 3 saturated heterocycles. The van der Waals surface area contributed by atoms with Crippen LogP contribution in [0.15, 0.2) is 6.07 Å². The number of rotatable bonds is 5. The van der Waals surface area contributed by atoms with Crippen molar-refractivity contribution >= 4 is 5.82 Å². The van der Waals surface area contributed by atoms with Gasteiger partial charge in [0.05, 0.1) is 6.04 Å². The normalized spacial score (nSPS) is 28.1. The third kappa shape index (κ3) is 3.35. The third-order valence-corrected chi connectivity index (χ3v) is 4.35. The van der Waals surface area contributed by atoms with Crippen molar-refractivity contribution in [2.24, 2.45) is 5.92 Å². The molecular weight excluding hydrogens is 262 g/mol. The number of fused-ring (bicyclic) bond motifs is 3. The van der Waals surface area contributed by atoms with Crippen LogP contribution in [0.3, 0.4) is 0 Å². The Morgan fingerprint density at radius 1 is 1.24 bits per heavy atom. The molecular formula is C16H27N5. The highest BCUT2D eigenvalue weighted by molar-refractivity contribution is 5.36. The Kier molecular flexibility index (Phi) is 4.40. The lowest BCUT2D eigenvalue weighted by molar-refractivity contribution is 0.00861. The Labute approximate surface area is 127 Å². The van der Waals surface area contributed by atoms with E-state index >= 15 is 0 Å². The first kappa shape index (κ1) is 14.7. The topological polar surface area (TPSA) is 44.3 Å². The van der Waals surface area contributed by atoms with Crippen molar-refractivity contribution in [2.75, 3.05) is 44.6 Å². The maximum absolute atomic E-state index is 4.88. The molecule has 1 unspecified atom stereocenters. The van der Waals surface area contributed by atoms with Gasteiger partial charge in [-0.3, -0.25) is 9.80 Å². The van der Waals surface area contributed by atoms with Gasteiger partial charge in [0.2, 0.25) is 0 Å². The fourth-order valence-electron chi connectivity index (χ4n) is 3.32. The molecule has 0 spiro atoms. The van der Waals surface area contributed by atoms with Gasteiger partial charge in [-0.15, -0.1) is 0 Å². The molecule has 0 amide bonds. The molecule has 1 aromatic heterocycles. The highest BCUT2D eigenvalue weighted by Crippen LogP contribution is 2.27. The largest absolute Gasteiger partial charge is 0.370 e. The molecule has 4 heterocycles. The standard InChI is InChI=1S/C16H27N5/c1-4-17-15-10-13(9-12(2)3)18-16(19-15)14-11-20-5-7-21(14)8-6-20/h10,12,14H,4-9,11H2,1-3H3,(H,17,18,19). The van der Waals surface area contributed by atoms with Gasteiger partial charge in [-0.1, -0.05) is 13.8 Å². The highest BCUT2D eigenvalue weighted by atomic mass is 15.4. The molecule has 4 rings (SSSR count). The number of nitrogens with one attached hydrogen (secondary N) is 1. The molecule has 2 bridgehead atoms. The predicted molar refractivity (Wildman–Crippen MR) is 85.5 cm³/mol. The van der Waals surface area contributed by atoms with Crippen molar-refractivity contribution in [1.29, 1.82) is 0 Å². The van der Waals surface area contributed by atoms with Gasteiger partial charge < -0.3 is 5.32 Å². The molecule has 116 valence electrons. The smallest absolute Gasteiger partial charge is 0.149 e. The van der Waals surface area contributed by atoms with Crippen LogP contribution in [0.4, 0.5) is 5.82 Å². The average Bonchev–Trinajstić information content (AvgIpc) is 2.48. The second kappa shape index (κ2) is 6.28. The summed E-state index contributed by atoms with van der Waals surface area (Å²) in [7, 11) is 0. The molecule has 0 aromatic carbocycles. The number of aromatic nitrogens is 2. The van der Waals surface area contributed by atoms with E-state index in [1.807, 2.05) is 0 Å². The summed E-state index contributed by atoms with van der Waals surface area (Å²) in [6.07, 6.45) is 1.02. The van der Waals surface area contributed by atoms with E-state index in [-0.39, 0.29) is 0 Å². The zero-order valence-corrected chi connectivity index (χ0v) is 13.5. The van der Waals surface area contributed by atoms with Gasteiger partial charge in [-0.05, 0) is 19.3 Å². The molecule has 5 heteroatoms. The van der Waals surface area contributed by atoms with Gasteiger partial charge >= 0.3 is 0 Å². The molecule has 21 heavy (non-hydrogen) atoms. The number of hydrogen-bond donors (Lipinski definition) is 1. The summed E-state index contributed by atoms with van der Waals surface area (Å²) >= 11 is 0. The SMILES string of the molecule is CCNc1cc(CC(C)C)nc(C2CN3CCN2CC3)n1. The fraction of sp³-hybridized carbons (Fsp3) is 0.750. The van der Waals surface area contributed by atoms with Crippen molar-refractivity contribution in [2.45, 2.75) is 33.2 Å². The molecule has 0 aliphatic carbocycles. The van der Waals surface area contributed by atoms with Gasteiger partial charge in [0, 0.05) is 51.0 Å². The number of nitrogens with zero attached hydrogens (tertiary/aromatic N) is 4. The first-order valence-corrected chi connectivity index (χ1v) is 8.24. The van der Waals surface area contributed by atoms with Gasteiger partial charge in [0.25, 0.3) is 0 Å². The molecule has 0 radical (unpaired) electrons. The fourth-order valence-corrected chi connectivity index (χ4v) is 3.32. The molecule has 1 atom stereocenters. The van der Waals surface area contributed by atoms with Crippen LogP contribution in [0.25, 0.3) is 0 Å². The molecule has 1 aromatic rings. The van der Waals surface area contributed by atoms with Crippen LogP contribution in [-0.4, -0.2) is 59.0 Å². The zero-order valence-electron chi connectivity index (χ0n) is 13.5. The van der Waals surface area contributed by atoms with E-state index < -0.39 is 0 Å². The first-order chi connectivity index (χ1) is 10.2. The quantitative estimate of drug-likeness (QED) is 0.895. The summed E-state index contributed by atoms with van der Waals surface area (Å²) in [5, 5.41) is 3.36. The van der Waals surface area contributed by atoms with Crippen LogP contribution in [-0.2, 0) is 6.42 Å². The van der Waals surface area contributed by atoms with E-state index in [0.29, 0.717) is 12.0 Å². The summed E-state index contributed by atoms with van der Waals surface area (Å²) in [5.74, 6) is 2.61. The third-order valence-electron chi connectivity index (χ3n) is 4.35. The number of piperazine rings is 3. The van der Waals surface area contributed by atoms with Crippen LogP contribution in [0.2, 0.25) is 0 Å². The second-order valence-electron chi connectivity index (χ2n) is 6.58. The second-order valence-corrected chi connectivity index (χ2v) is 6.58. The Morgan fingerprint density at radius 2 is 2.00 bits per heavy atom. The maximum atomic E-state index is 4.88. The summed E-state index contributed by atoms with van der Waals surface area (Å²) in [6, 6.07) is 2.49. The van der Waals surface area contributed by atoms with Crippen molar-refractivity contribution in [3.05, 3.63) is 17.6 Å². The minimum absolute atomic E-state index is 0.372. The highest BCUT2D eigenvalue weighted by Gasteiger charge is 2.34. The van der Waals surface area contributed by atoms with Crippen LogP contribution in [0, 0.1) is 5.92 Å². The van der Waals surface area contributed by atoms with Gasteiger partial charge in [-0.25, -0.2) is 9.97 Å². The zero-order chi connectivity index (χ0) is 14.8. The lowest BCUT2D eigenvalue weighted by atomic mass is 10.1. The van der Waals surface area contributed by atoms with Crippen LogP contribution in [0.5, 0.6) is 0 Å². The minimum atomic E-state index is 0.372. The maximum Gasteiger partial charge on any atom is 0.149 e. The van der Waals surface area contributed by atoms with Crippen LogP contribution < -0.4 is 5.32 Å². The lowest BCUT2D eigenvalue weighted by Crippen LogP contribution is -2.57. The van der Waals surface area contributed by atoms with E-state index in [4.69, 9.17) is 9.97 Å². The molecule has 0 saturated carbocycles. The summed E-state index contributed by atoms with van der Waals surface area (Å²) in [5.41, 5.74) is 1.17. The van der Waals surface area contributed by atoms with E-state index in [2.05, 4.69) is 42.0 Å². The summed E-state index contributed by atoms with van der Waals surface area (Å²) in [4.78, 5) is 14.7. The lowest BCUT2D eigenvalue weighted by Gasteiger charge is -2.46. The number of hydrogen-bond acceptors (Lipinski definition) is 5. The van der Waals surface area contributed by atoms with Crippen molar-refractivity contribution in [3.63, 3.8) is 0 Å². The van der Waals surface area contributed by atoms with Crippen molar-refractivity contribution in [3.8, 4) is 0 Å². The Hall–Kier alpha value is -1.20. The van der Waals surface area contributed by atoms with Crippen LogP contribution >= 0.6 is 0 Å². The van der Waals surface area contributed by atoms with Crippen LogP contribution in [0.1, 0.15) is 38.3 Å². The summed E-state index contributed by atoms with van der Waals surface area (Å²) in [6.45, 7) is 13.3. The van der Waals surface area contributed by atoms with E-state index in [0.717, 1.165) is 44.2 Å². The Balaban J connectivity index is 1.87. The average molecular weight is 289 g/mol. The molecule has 5 nitrogen and oxygen atoms in total. The monoisotopic (exact) mass is 289 g/mol. The predicted octanol–water partition coefficient (Wildman–Crippen LogP) is 1.78. The van der Waals surface area contributed by atoms with E-state index in [1.165, 1.54) is 18.8 Å². The van der Waals surface area contributed by atoms with Gasteiger partial charge in [0.1, 0.15) is 11.6 Å². The molecule has 3 aliphatic rings. The summed E-state index contributed by atoms with van der Waals surface area (Å²) < 4.78 is 0. The Bertz CT molecular complexity index is 480. The Morgan fingerprint density at radius 3 is 2.57 bits per heavy atom. The number of anilines is 1. The van der Waals surface area contributed by atoms with E-state index in [9.17, 15) is 0 Å². The minimum Gasteiger partial charge on any atom is -0.370 e. The van der Waals surface area contributed by atoms with Gasteiger partial charge in [0.15, 0.2) is 0 Å². The first-order valence-electron chi connectivity index (χ1n) is 8.24.